The number of amides is 2. The highest BCUT2D eigenvalue weighted by Gasteiger charge is 2.35. The number of hydrogen-bond donors (Lipinski definition) is 1. The normalized spacial score (nSPS) is 22.7. The van der Waals surface area contributed by atoms with E-state index in [4.69, 9.17) is 5.73 Å². The fourth-order valence-corrected chi connectivity index (χ4v) is 3.62. The van der Waals surface area contributed by atoms with Gasteiger partial charge in [0.15, 0.2) is 0 Å². The standard InChI is InChI=1S/C19H27N3O2.ClH/c1-19(2)13-22(10-8-16(19)20)18(24)15-6-3-5-14(11-15)12-21-9-4-7-17(21)23;/h3,5-6,11,16H,4,7-10,12-13,20H2,1-2H3;1H. The van der Waals surface area contributed by atoms with E-state index in [9.17, 15) is 9.59 Å². The SMILES string of the molecule is CC1(C)CN(C(=O)c2cccc(CN3CCCC3=O)c2)CCC1N.Cl. The highest BCUT2D eigenvalue weighted by atomic mass is 35.5. The summed E-state index contributed by atoms with van der Waals surface area (Å²) in [6.45, 7) is 7.03. The number of hydrogen-bond acceptors (Lipinski definition) is 3. The van der Waals surface area contributed by atoms with Gasteiger partial charge in [-0.05, 0) is 36.0 Å². The summed E-state index contributed by atoms with van der Waals surface area (Å²) >= 11 is 0. The molecule has 3 rings (SSSR count). The largest absolute Gasteiger partial charge is 0.338 e. The molecule has 2 N–H and O–H groups in total. The van der Waals surface area contributed by atoms with Crippen LogP contribution < -0.4 is 5.73 Å². The number of carbonyl (C=O) groups is 2. The fourth-order valence-electron chi connectivity index (χ4n) is 3.62. The molecule has 1 atom stereocenters. The molecule has 0 radical (unpaired) electrons. The minimum absolute atomic E-state index is 0. The lowest BCUT2D eigenvalue weighted by Gasteiger charge is -2.42. The summed E-state index contributed by atoms with van der Waals surface area (Å²) in [4.78, 5) is 28.4. The van der Waals surface area contributed by atoms with Crippen LogP contribution in [0.5, 0.6) is 0 Å². The van der Waals surface area contributed by atoms with Crippen LogP contribution >= 0.6 is 12.4 Å². The summed E-state index contributed by atoms with van der Waals surface area (Å²) in [5.41, 5.74) is 7.82. The van der Waals surface area contributed by atoms with E-state index in [0.29, 0.717) is 31.6 Å². The van der Waals surface area contributed by atoms with Gasteiger partial charge in [-0.3, -0.25) is 9.59 Å². The number of benzene rings is 1. The minimum Gasteiger partial charge on any atom is -0.338 e. The zero-order valence-corrected chi connectivity index (χ0v) is 15.8. The van der Waals surface area contributed by atoms with Gasteiger partial charge in [0, 0.05) is 44.2 Å². The maximum Gasteiger partial charge on any atom is 0.253 e. The summed E-state index contributed by atoms with van der Waals surface area (Å²) in [5.74, 6) is 0.267. The van der Waals surface area contributed by atoms with Crippen molar-refractivity contribution in [1.29, 1.82) is 0 Å². The second-order valence-electron chi connectivity index (χ2n) is 7.73. The zero-order valence-electron chi connectivity index (χ0n) is 15.0. The highest BCUT2D eigenvalue weighted by Crippen LogP contribution is 2.28. The maximum atomic E-state index is 12.9. The lowest BCUT2D eigenvalue weighted by Crippen LogP contribution is -2.54. The van der Waals surface area contributed by atoms with Gasteiger partial charge < -0.3 is 15.5 Å². The van der Waals surface area contributed by atoms with E-state index in [2.05, 4.69) is 13.8 Å². The van der Waals surface area contributed by atoms with Gasteiger partial charge in [-0.25, -0.2) is 0 Å². The maximum absolute atomic E-state index is 12.9. The van der Waals surface area contributed by atoms with Gasteiger partial charge in [0.2, 0.25) is 5.91 Å². The van der Waals surface area contributed by atoms with Gasteiger partial charge in [-0.2, -0.15) is 0 Å². The summed E-state index contributed by atoms with van der Waals surface area (Å²) in [6, 6.07) is 7.81. The Morgan fingerprint density at radius 2 is 2.08 bits per heavy atom. The van der Waals surface area contributed by atoms with Crippen LogP contribution in [-0.4, -0.2) is 47.3 Å². The second kappa shape index (κ2) is 7.75. The molecular formula is C19H28ClN3O2. The molecule has 25 heavy (non-hydrogen) atoms. The lowest BCUT2D eigenvalue weighted by molar-refractivity contribution is -0.128. The summed E-state index contributed by atoms with van der Waals surface area (Å²) in [6.07, 6.45) is 2.41. The molecule has 2 heterocycles. The van der Waals surface area contributed by atoms with Crippen LogP contribution in [-0.2, 0) is 11.3 Å². The van der Waals surface area contributed by atoms with E-state index < -0.39 is 0 Å². The van der Waals surface area contributed by atoms with Gasteiger partial charge in [0.1, 0.15) is 0 Å². The van der Waals surface area contributed by atoms with Crippen molar-refractivity contribution < 1.29 is 9.59 Å². The molecular weight excluding hydrogens is 338 g/mol. The number of rotatable bonds is 3. The number of nitrogens with zero attached hydrogens (tertiary/aromatic N) is 2. The summed E-state index contributed by atoms with van der Waals surface area (Å²) in [5, 5.41) is 0. The molecule has 0 bridgehead atoms. The first kappa shape index (κ1) is 19.7. The topological polar surface area (TPSA) is 66.6 Å². The average Bonchev–Trinajstić information content (AvgIpc) is 2.94. The van der Waals surface area contributed by atoms with Crippen molar-refractivity contribution in [3.05, 3.63) is 35.4 Å². The van der Waals surface area contributed by atoms with Crippen molar-refractivity contribution >= 4 is 24.2 Å². The van der Waals surface area contributed by atoms with Crippen molar-refractivity contribution in [2.45, 2.75) is 45.7 Å². The Balaban J connectivity index is 0.00000225. The van der Waals surface area contributed by atoms with Gasteiger partial charge >= 0.3 is 0 Å². The van der Waals surface area contributed by atoms with Crippen LogP contribution in [0, 0.1) is 5.41 Å². The van der Waals surface area contributed by atoms with Gasteiger partial charge in [0.05, 0.1) is 0 Å². The third kappa shape index (κ3) is 4.33. The third-order valence-corrected chi connectivity index (χ3v) is 5.32. The Labute approximate surface area is 155 Å². The van der Waals surface area contributed by atoms with Gasteiger partial charge in [0.25, 0.3) is 5.91 Å². The molecule has 2 fully saturated rings. The summed E-state index contributed by atoms with van der Waals surface area (Å²) in [7, 11) is 0. The van der Waals surface area contributed by atoms with Crippen molar-refractivity contribution in [3.8, 4) is 0 Å². The quantitative estimate of drug-likeness (QED) is 0.894. The van der Waals surface area contributed by atoms with Crippen LogP contribution in [0.4, 0.5) is 0 Å². The van der Waals surface area contributed by atoms with E-state index in [1.165, 1.54) is 0 Å². The molecule has 5 nitrogen and oxygen atoms in total. The number of nitrogens with two attached hydrogens (primary N) is 1. The molecule has 2 aliphatic rings. The molecule has 0 saturated carbocycles. The van der Waals surface area contributed by atoms with Gasteiger partial charge in [-0.1, -0.05) is 26.0 Å². The number of halogens is 1. The zero-order chi connectivity index (χ0) is 17.3. The molecule has 1 aromatic rings. The van der Waals surface area contributed by atoms with Crippen LogP contribution in [0.25, 0.3) is 0 Å². The van der Waals surface area contributed by atoms with E-state index >= 15 is 0 Å². The predicted molar refractivity (Wildman–Crippen MR) is 101 cm³/mol. The van der Waals surface area contributed by atoms with Crippen molar-refractivity contribution in [2.75, 3.05) is 19.6 Å². The molecule has 1 aromatic carbocycles. The Hall–Kier alpha value is -1.59. The van der Waals surface area contributed by atoms with Crippen molar-refractivity contribution in [1.82, 2.24) is 9.80 Å². The lowest BCUT2D eigenvalue weighted by atomic mass is 9.79. The molecule has 0 aromatic heterocycles. The highest BCUT2D eigenvalue weighted by molar-refractivity contribution is 5.94. The first-order valence-corrected chi connectivity index (χ1v) is 8.78. The average molecular weight is 366 g/mol. The molecule has 0 aliphatic carbocycles. The number of likely N-dealkylation sites (tertiary alicyclic amines) is 2. The monoisotopic (exact) mass is 365 g/mol. The Morgan fingerprint density at radius 3 is 2.72 bits per heavy atom. The Kier molecular flexibility index (Phi) is 6.12. The summed E-state index contributed by atoms with van der Waals surface area (Å²) < 4.78 is 0. The molecule has 2 aliphatic heterocycles. The van der Waals surface area contributed by atoms with Crippen LogP contribution in [0.2, 0.25) is 0 Å². The van der Waals surface area contributed by atoms with Crippen LogP contribution in [0.3, 0.4) is 0 Å². The molecule has 2 saturated heterocycles. The number of piperidine rings is 1. The molecule has 0 spiro atoms. The third-order valence-electron chi connectivity index (χ3n) is 5.32. The smallest absolute Gasteiger partial charge is 0.253 e. The minimum atomic E-state index is -0.0620. The Bertz CT molecular complexity index is 647. The first-order chi connectivity index (χ1) is 11.4. The molecule has 1 unspecified atom stereocenters. The van der Waals surface area contributed by atoms with E-state index in [1.54, 1.807) is 0 Å². The van der Waals surface area contributed by atoms with Crippen molar-refractivity contribution in [3.63, 3.8) is 0 Å². The predicted octanol–water partition coefficient (Wildman–Crippen LogP) is 2.43. The fraction of sp³-hybridized carbons (Fsp3) is 0.579. The molecule has 2 amide bonds. The molecule has 6 heteroatoms. The number of carbonyl (C=O) groups excluding carboxylic acids is 2. The second-order valence-corrected chi connectivity index (χ2v) is 7.73. The van der Waals surface area contributed by atoms with Crippen molar-refractivity contribution in [2.24, 2.45) is 11.1 Å². The Morgan fingerprint density at radius 1 is 1.32 bits per heavy atom. The van der Waals surface area contributed by atoms with E-state index in [1.807, 2.05) is 34.1 Å². The van der Waals surface area contributed by atoms with Crippen LogP contribution in [0.1, 0.15) is 49.0 Å². The van der Waals surface area contributed by atoms with E-state index in [0.717, 1.165) is 24.9 Å². The first-order valence-electron chi connectivity index (χ1n) is 8.78. The van der Waals surface area contributed by atoms with E-state index in [-0.39, 0.29) is 35.7 Å². The van der Waals surface area contributed by atoms with Crippen LogP contribution in [0.15, 0.2) is 24.3 Å². The molecule has 138 valence electrons. The van der Waals surface area contributed by atoms with Gasteiger partial charge in [-0.15, -0.1) is 12.4 Å².